The van der Waals surface area contributed by atoms with E-state index < -0.39 is 6.10 Å². The summed E-state index contributed by atoms with van der Waals surface area (Å²) in [7, 11) is 1.71. The monoisotopic (exact) mass is 379 g/mol. The van der Waals surface area contributed by atoms with Crippen LogP contribution in [-0.4, -0.2) is 34.1 Å². The van der Waals surface area contributed by atoms with Gasteiger partial charge in [0.25, 0.3) is 5.91 Å². The highest BCUT2D eigenvalue weighted by atomic mass is 16.5. The standard InChI is InChI=1S/C22H25N3O3/c1-5-19(27-18-11-9-15(2)10-12-18)22(26)25(4)14-20-23-21(24-28-20)17-8-6-7-16(3)13-17/h6-13,19H,5,14H2,1-4H3. The van der Waals surface area contributed by atoms with Crippen molar-refractivity contribution in [3.63, 3.8) is 0 Å². The molecule has 0 saturated carbocycles. The number of ether oxygens (including phenoxy) is 1. The van der Waals surface area contributed by atoms with Crippen LogP contribution in [0.2, 0.25) is 0 Å². The van der Waals surface area contributed by atoms with Crippen molar-refractivity contribution in [3.8, 4) is 17.1 Å². The smallest absolute Gasteiger partial charge is 0.263 e. The van der Waals surface area contributed by atoms with Gasteiger partial charge >= 0.3 is 0 Å². The van der Waals surface area contributed by atoms with Crippen LogP contribution in [0, 0.1) is 13.8 Å². The normalized spacial score (nSPS) is 11.9. The number of hydrogen-bond donors (Lipinski definition) is 0. The van der Waals surface area contributed by atoms with Crippen LogP contribution >= 0.6 is 0 Å². The van der Waals surface area contributed by atoms with Crippen molar-refractivity contribution in [1.29, 1.82) is 0 Å². The maximum Gasteiger partial charge on any atom is 0.263 e. The van der Waals surface area contributed by atoms with Gasteiger partial charge in [-0.2, -0.15) is 4.98 Å². The van der Waals surface area contributed by atoms with Crippen LogP contribution in [0.15, 0.2) is 53.1 Å². The molecule has 0 radical (unpaired) electrons. The van der Waals surface area contributed by atoms with Gasteiger partial charge < -0.3 is 14.2 Å². The lowest BCUT2D eigenvalue weighted by Gasteiger charge is -2.22. The number of likely N-dealkylation sites (N-methyl/N-ethyl adjacent to an activating group) is 1. The van der Waals surface area contributed by atoms with Crippen LogP contribution in [0.3, 0.4) is 0 Å². The third kappa shape index (κ3) is 4.76. The number of aryl methyl sites for hydroxylation is 2. The molecule has 2 aromatic carbocycles. The highest BCUT2D eigenvalue weighted by Crippen LogP contribution is 2.19. The van der Waals surface area contributed by atoms with Gasteiger partial charge in [-0.3, -0.25) is 4.79 Å². The van der Waals surface area contributed by atoms with Gasteiger partial charge in [0, 0.05) is 12.6 Å². The summed E-state index contributed by atoms with van der Waals surface area (Å²) in [5.74, 6) is 1.46. The van der Waals surface area contributed by atoms with E-state index in [2.05, 4.69) is 10.1 Å². The summed E-state index contributed by atoms with van der Waals surface area (Å²) in [5.41, 5.74) is 3.15. The Kier molecular flexibility index (Phi) is 6.09. The van der Waals surface area contributed by atoms with E-state index in [0.717, 1.165) is 16.7 Å². The minimum absolute atomic E-state index is 0.126. The minimum atomic E-state index is -0.563. The molecule has 6 heteroatoms. The Hall–Kier alpha value is -3.15. The Labute approximate surface area is 165 Å². The molecule has 146 valence electrons. The third-order valence-electron chi connectivity index (χ3n) is 4.44. The number of carbonyl (C=O) groups excluding carboxylic acids is 1. The van der Waals surface area contributed by atoms with Gasteiger partial charge in [-0.25, -0.2) is 0 Å². The quantitative estimate of drug-likeness (QED) is 0.616. The van der Waals surface area contributed by atoms with E-state index in [1.165, 1.54) is 0 Å². The van der Waals surface area contributed by atoms with Crippen LogP contribution in [0.25, 0.3) is 11.4 Å². The molecule has 0 N–H and O–H groups in total. The van der Waals surface area contributed by atoms with Crippen molar-refractivity contribution in [1.82, 2.24) is 15.0 Å². The number of aromatic nitrogens is 2. The fourth-order valence-corrected chi connectivity index (χ4v) is 2.84. The van der Waals surface area contributed by atoms with Gasteiger partial charge in [0.2, 0.25) is 11.7 Å². The number of hydrogen-bond acceptors (Lipinski definition) is 5. The van der Waals surface area contributed by atoms with Crippen molar-refractivity contribution >= 4 is 5.91 Å². The highest BCUT2D eigenvalue weighted by molar-refractivity contribution is 5.80. The van der Waals surface area contributed by atoms with E-state index >= 15 is 0 Å². The van der Waals surface area contributed by atoms with E-state index in [9.17, 15) is 4.79 Å². The van der Waals surface area contributed by atoms with Crippen molar-refractivity contribution in [2.45, 2.75) is 39.8 Å². The number of carbonyl (C=O) groups is 1. The number of nitrogens with zero attached hydrogens (tertiary/aromatic N) is 3. The molecule has 0 spiro atoms. The number of rotatable bonds is 7. The summed E-state index contributed by atoms with van der Waals surface area (Å²) >= 11 is 0. The predicted octanol–water partition coefficient (Wildman–Crippen LogP) is 4.17. The van der Waals surface area contributed by atoms with Crippen molar-refractivity contribution in [2.24, 2.45) is 0 Å². The largest absolute Gasteiger partial charge is 0.481 e. The van der Waals surface area contributed by atoms with E-state index in [1.807, 2.05) is 69.3 Å². The molecule has 0 aliphatic rings. The van der Waals surface area contributed by atoms with Gasteiger partial charge in [-0.1, -0.05) is 53.5 Å². The second kappa shape index (κ2) is 8.69. The zero-order chi connectivity index (χ0) is 20.1. The molecule has 3 rings (SSSR count). The Balaban J connectivity index is 1.65. The average Bonchev–Trinajstić information content (AvgIpc) is 3.15. The van der Waals surface area contributed by atoms with E-state index in [-0.39, 0.29) is 12.5 Å². The van der Waals surface area contributed by atoms with Crippen molar-refractivity contribution in [2.75, 3.05) is 7.05 Å². The van der Waals surface area contributed by atoms with Gasteiger partial charge in [-0.15, -0.1) is 0 Å². The zero-order valence-corrected chi connectivity index (χ0v) is 16.7. The Morgan fingerprint density at radius 2 is 1.89 bits per heavy atom. The molecule has 1 atom stereocenters. The molecule has 3 aromatic rings. The molecule has 1 unspecified atom stereocenters. The molecule has 0 aliphatic carbocycles. The topological polar surface area (TPSA) is 68.5 Å². The Bertz CT molecular complexity index is 934. The first kappa shape index (κ1) is 19.6. The minimum Gasteiger partial charge on any atom is -0.481 e. The van der Waals surface area contributed by atoms with E-state index in [4.69, 9.17) is 9.26 Å². The molecule has 28 heavy (non-hydrogen) atoms. The van der Waals surface area contributed by atoms with E-state index in [0.29, 0.717) is 23.9 Å². The number of benzene rings is 2. The van der Waals surface area contributed by atoms with Crippen LogP contribution < -0.4 is 4.74 Å². The molecule has 0 fully saturated rings. The van der Waals surface area contributed by atoms with Crippen LogP contribution in [-0.2, 0) is 11.3 Å². The van der Waals surface area contributed by atoms with Gasteiger partial charge in [0.15, 0.2) is 6.10 Å². The first-order valence-corrected chi connectivity index (χ1v) is 9.34. The van der Waals surface area contributed by atoms with Crippen LogP contribution in [0.5, 0.6) is 5.75 Å². The molecular weight excluding hydrogens is 354 g/mol. The van der Waals surface area contributed by atoms with Gasteiger partial charge in [0.1, 0.15) is 5.75 Å². The van der Waals surface area contributed by atoms with Crippen molar-refractivity contribution < 1.29 is 14.1 Å². The van der Waals surface area contributed by atoms with Crippen LogP contribution in [0.4, 0.5) is 0 Å². The summed E-state index contributed by atoms with van der Waals surface area (Å²) in [4.78, 5) is 18.7. The highest BCUT2D eigenvalue weighted by Gasteiger charge is 2.24. The molecule has 1 heterocycles. The summed E-state index contributed by atoms with van der Waals surface area (Å²) in [6, 6.07) is 15.5. The van der Waals surface area contributed by atoms with Crippen molar-refractivity contribution in [3.05, 3.63) is 65.5 Å². The lowest BCUT2D eigenvalue weighted by molar-refractivity contribution is -0.138. The molecule has 0 aliphatic heterocycles. The lowest BCUT2D eigenvalue weighted by Crippen LogP contribution is -2.39. The predicted molar refractivity (Wildman–Crippen MR) is 107 cm³/mol. The second-order valence-corrected chi connectivity index (χ2v) is 6.90. The first-order valence-electron chi connectivity index (χ1n) is 9.34. The summed E-state index contributed by atoms with van der Waals surface area (Å²) in [6.07, 6.45) is 0.00182. The van der Waals surface area contributed by atoms with E-state index in [1.54, 1.807) is 11.9 Å². The Morgan fingerprint density at radius 1 is 1.14 bits per heavy atom. The zero-order valence-electron chi connectivity index (χ0n) is 16.7. The number of amides is 1. The first-order chi connectivity index (χ1) is 13.5. The maximum absolute atomic E-state index is 12.8. The summed E-state index contributed by atoms with van der Waals surface area (Å²) < 4.78 is 11.2. The van der Waals surface area contributed by atoms with Gasteiger partial charge in [-0.05, 0) is 38.5 Å². The molecular formula is C22H25N3O3. The average molecular weight is 379 g/mol. The fraction of sp³-hybridized carbons (Fsp3) is 0.318. The molecule has 0 bridgehead atoms. The fourth-order valence-electron chi connectivity index (χ4n) is 2.84. The van der Waals surface area contributed by atoms with Crippen LogP contribution in [0.1, 0.15) is 30.4 Å². The lowest BCUT2D eigenvalue weighted by atomic mass is 10.1. The third-order valence-corrected chi connectivity index (χ3v) is 4.44. The molecule has 6 nitrogen and oxygen atoms in total. The second-order valence-electron chi connectivity index (χ2n) is 6.90. The Morgan fingerprint density at radius 3 is 2.57 bits per heavy atom. The summed E-state index contributed by atoms with van der Waals surface area (Å²) in [5, 5.41) is 4.03. The molecule has 1 amide bonds. The SMILES string of the molecule is CCC(Oc1ccc(C)cc1)C(=O)N(C)Cc1nc(-c2cccc(C)c2)no1. The van der Waals surface area contributed by atoms with Gasteiger partial charge in [0.05, 0.1) is 6.54 Å². The molecule has 0 saturated heterocycles. The summed E-state index contributed by atoms with van der Waals surface area (Å²) in [6.45, 7) is 6.17. The molecule has 1 aromatic heterocycles. The maximum atomic E-state index is 12.8.